The molecule has 0 spiro atoms. The Morgan fingerprint density at radius 3 is 2.68 bits per heavy atom. The largest absolute Gasteiger partial charge is 0.378 e. The summed E-state index contributed by atoms with van der Waals surface area (Å²) < 4.78 is 9.90. The number of aromatic nitrogens is 6. The van der Waals surface area contributed by atoms with Crippen LogP contribution in [0.2, 0.25) is 0 Å². The van der Waals surface area contributed by atoms with Gasteiger partial charge in [-0.1, -0.05) is 0 Å². The fourth-order valence-electron chi connectivity index (χ4n) is 4.51. The second-order valence-corrected chi connectivity index (χ2v) is 10.7. The third kappa shape index (κ3) is 4.22. The first-order valence-corrected chi connectivity index (χ1v) is 12.8. The molecule has 5 heterocycles. The van der Waals surface area contributed by atoms with Gasteiger partial charge in [-0.25, -0.2) is 15.0 Å². The van der Waals surface area contributed by atoms with Gasteiger partial charge in [0.15, 0.2) is 11.6 Å². The number of rotatable bonds is 7. The Bertz CT molecular complexity index is 1300. The number of nitrogens with zero attached hydrogens (tertiary/aromatic N) is 7. The molecule has 34 heavy (non-hydrogen) atoms. The van der Waals surface area contributed by atoms with Crippen molar-refractivity contribution in [3.05, 3.63) is 30.2 Å². The number of anilines is 1. The van der Waals surface area contributed by atoms with E-state index in [0.717, 1.165) is 58.5 Å². The molecule has 0 aliphatic carbocycles. The van der Waals surface area contributed by atoms with Crippen LogP contribution in [0.25, 0.3) is 32.4 Å². The third-order valence-electron chi connectivity index (χ3n) is 6.41. The van der Waals surface area contributed by atoms with Crippen LogP contribution in [0.1, 0.15) is 45.7 Å². The first-order chi connectivity index (χ1) is 16.3. The van der Waals surface area contributed by atoms with E-state index in [9.17, 15) is 0 Å². The van der Waals surface area contributed by atoms with Crippen molar-refractivity contribution in [1.82, 2.24) is 29.3 Å². The summed E-state index contributed by atoms with van der Waals surface area (Å²) in [6.45, 7) is 13.3. The van der Waals surface area contributed by atoms with Crippen molar-refractivity contribution in [2.75, 3.05) is 24.6 Å². The first-order valence-electron chi connectivity index (χ1n) is 12.0. The highest BCUT2D eigenvalue weighted by atomic mass is 32.1. The molecule has 1 saturated heterocycles. The summed E-state index contributed by atoms with van der Waals surface area (Å²) in [5, 5.41) is 5.96. The van der Waals surface area contributed by atoms with Crippen molar-refractivity contribution >= 4 is 27.4 Å². The molecule has 1 aliphatic heterocycles. The molecule has 1 unspecified atom stereocenters. The molecule has 0 saturated carbocycles. The maximum Gasteiger partial charge on any atom is 0.199 e. The van der Waals surface area contributed by atoms with Crippen molar-refractivity contribution in [3.8, 4) is 22.2 Å². The fourth-order valence-corrected chi connectivity index (χ4v) is 5.65. The molecule has 4 aromatic heterocycles. The molecule has 0 bridgehead atoms. The van der Waals surface area contributed by atoms with Crippen molar-refractivity contribution < 1.29 is 4.74 Å². The van der Waals surface area contributed by atoms with Gasteiger partial charge in [-0.3, -0.25) is 4.68 Å². The molecule has 180 valence electrons. The molecule has 8 nitrogen and oxygen atoms in total. The summed E-state index contributed by atoms with van der Waals surface area (Å²) in [6.07, 6.45) is 7.13. The number of aryl methyl sites for hydroxylation is 2. The minimum Gasteiger partial charge on any atom is -0.378 e. The zero-order valence-electron chi connectivity index (χ0n) is 20.8. The van der Waals surface area contributed by atoms with Crippen LogP contribution in [0.3, 0.4) is 0 Å². The standard InChI is InChI=1S/C25H33N7OS/c1-15(2)32-11-8-19(29-32)21-17(5)20-23(31-10-7-18(13-31)14-33-16(3)4)27-22(28-25(20)34-21)24-26-9-12-30(24)6/h8-9,11-12,15-16,18H,7,10,13-14H2,1-6H3. The highest BCUT2D eigenvalue weighted by Crippen LogP contribution is 2.42. The molecule has 5 rings (SSSR count). The van der Waals surface area contributed by atoms with Crippen molar-refractivity contribution in [1.29, 1.82) is 0 Å². The van der Waals surface area contributed by atoms with Crippen LogP contribution in [0.5, 0.6) is 0 Å². The third-order valence-corrected chi connectivity index (χ3v) is 7.62. The Kier molecular flexibility index (Phi) is 6.16. The lowest BCUT2D eigenvalue weighted by Gasteiger charge is -2.20. The molecule has 1 fully saturated rings. The molecular weight excluding hydrogens is 446 g/mol. The van der Waals surface area contributed by atoms with Gasteiger partial charge in [0.05, 0.1) is 23.0 Å². The van der Waals surface area contributed by atoms with Crippen LogP contribution in [0.4, 0.5) is 5.82 Å². The van der Waals surface area contributed by atoms with Crippen LogP contribution in [0.15, 0.2) is 24.7 Å². The van der Waals surface area contributed by atoms with Crippen LogP contribution < -0.4 is 4.90 Å². The molecular formula is C25H33N7OS. The number of hydrogen-bond donors (Lipinski definition) is 0. The van der Waals surface area contributed by atoms with Crippen molar-refractivity contribution in [2.24, 2.45) is 13.0 Å². The fraction of sp³-hybridized carbons (Fsp3) is 0.520. The smallest absolute Gasteiger partial charge is 0.199 e. The van der Waals surface area contributed by atoms with Crippen LogP contribution in [-0.4, -0.2) is 55.1 Å². The first kappa shape index (κ1) is 23.0. The molecule has 0 radical (unpaired) electrons. The SMILES string of the molecule is Cc1c(-c2ccn(C(C)C)n2)sc2nc(-c3nccn3C)nc(N3CCC(COC(C)C)C3)c12. The van der Waals surface area contributed by atoms with Gasteiger partial charge in [0.25, 0.3) is 0 Å². The van der Waals surface area contributed by atoms with Gasteiger partial charge in [-0.15, -0.1) is 11.3 Å². The van der Waals surface area contributed by atoms with Gasteiger partial charge < -0.3 is 14.2 Å². The van der Waals surface area contributed by atoms with E-state index in [1.165, 1.54) is 5.56 Å². The lowest BCUT2D eigenvalue weighted by atomic mass is 10.1. The van der Waals surface area contributed by atoms with E-state index in [-0.39, 0.29) is 6.10 Å². The quantitative estimate of drug-likeness (QED) is 0.367. The Hall–Kier alpha value is -2.78. The predicted octanol–water partition coefficient (Wildman–Crippen LogP) is 5.10. The molecule has 0 amide bonds. The molecule has 1 aliphatic rings. The van der Waals surface area contributed by atoms with Gasteiger partial charge in [0.1, 0.15) is 16.3 Å². The number of imidazole rings is 1. The zero-order chi connectivity index (χ0) is 24.0. The number of thiophene rings is 1. The van der Waals surface area contributed by atoms with E-state index in [1.807, 2.05) is 22.5 Å². The zero-order valence-corrected chi connectivity index (χ0v) is 21.6. The van der Waals surface area contributed by atoms with Gasteiger partial charge in [0.2, 0.25) is 0 Å². The maximum absolute atomic E-state index is 5.92. The minimum atomic E-state index is 0.252. The Labute approximate surface area is 204 Å². The Morgan fingerprint density at radius 1 is 1.18 bits per heavy atom. The van der Waals surface area contributed by atoms with Crippen LogP contribution in [-0.2, 0) is 11.8 Å². The van der Waals surface area contributed by atoms with E-state index >= 15 is 0 Å². The summed E-state index contributed by atoms with van der Waals surface area (Å²) >= 11 is 1.69. The minimum absolute atomic E-state index is 0.252. The topological polar surface area (TPSA) is 73.9 Å². The van der Waals surface area contributed by atoms with E-state index < -0.39 is 0 Å². The second-order valence-electron chi connectivity index (χ2n) is 9.73. The molecule has 9 heteroatoms. The highest BCUT2D eigenvalue weighted by molar-refractivity contribution is 7.22. The van der Waals surface area contributed by atoms with Gasteiger partial charge in [-0.05, 0) is 52.7 Å². The Balaban J connectivity index is 1.60. The lowest BCUT2D eigenvalue weighted by molar-refractivity contribution is 0.0560. The van der Waals surface area contributed by atoms with Crippen molar-refractivity contribution in [3.63, 3.8) is 0 Å². The average molecular weight is 480 g/mol. The summed E-state index contributed by atoms with van der Waals surface area (Å²) in [6, 6.07) is 2.42. The van der Waals surface area contributed by atoms with E-state index in [1.54, 1.807) is 17.5 Å². The highest BCUT2D eigenvalue weighted by Gasteiger charge is 2.29. The summed E-state index contributed by atoms with van der Waals surface area (Å²) in [5.74, 6) is 2.94. The van der Waals surface area contributed by atoms with Crippen LogP contribution >= 0.6 is 11.3 Å². The van der Waals surface area contributed by atoms with Crippen molar-refractivity contribution in [2.45, 2.75) is 53.2 Å². The van der Waals surface area contributed by atoms with E-state index in [2.05, 4.69) is 56.8 Å². The summed E-state index contributed by atoms with van der Waals surface area (Å²) in [5.41, 5.74) is 2.18. The van der Waals surface area contributed by atoms with E-state index in [4.69, 9.17) is 19.8 Å². The predicted molar refractivity (Wildman–Crippen MR) is 137 cm³/mol. The van der Waals surface area contributed by atoms with Gasteiger partial charge in [0, 0.05) is 50.7 Å². The molecule has 0 N–H and O–H groups in total. The second kappa shape index (κ2) is 9.11. The van der Waals surface area contributed by atoms with E-state index in [0.29, 0.717) is 17.8 Å². The lowest BCUT2D eigenvalue weighted by Crippen LogP contribution is -2.23. The average Bonchev–Trinajstić information content (AvgIpc) is 3.58. The summed E-state index contributed by atoms with van der Waals surface area (Å²) in [7, 11) is 1.98. The molecule has 0 aromatic carbocycles. The summed E-state index contributed by atoms with van der Waals surface area (Å²) in [4.78, 5) is 19.1. The number of hydrogen-bond acceptors (Lipinski definition) is 7. The number of ether oxygens (including phenoxy) is 1. The maximum atomic E-state index is 5.92. The molecule has 1 atom stereocenters. The Morgan fingerprint density at radius 2 is 2.00 bits per heavy atom. The monoisotopic (exact) mass is 479 g/mol. The number of fused-ring (bicyclic) bond motifs is 1. The molecule has 4 aromatic rings. The van der Waals surface area contributed by atoms with Crippen LogP contribution in [0, 0.1) is 12.8 Å². The van der Waals surface area contributed by atoms with Gasteiger partial charge in [-0.2, -0.15) is 5.10 Å². The normalized spacial score (nSPS) is 16.6. The van der Waals surface area contributed by atoms with Gasteiger partial charge >= 0.3 is 0 Å².